The van der Waals surface area contributed by atoms with Gasteiger partial charge < -0.3 is 5.11 Å². The van der Waals surface area contributed by atoms with E-state index in [1.807, 2.05) is 0 Å². The Morgan fingerprint density at radius 2 is 2.16 bits per heavy atom. The molecule has 100 valence electrons. The first-order valence-corrected chi connectivity index (χ1v) is 5.95. The minimum absolute atomic E-state index is 0.0520. The first-order valence-electron chi connectivity index (χ1n) is 5.95. The third-order valence-corrected chi connectivity index (χ3v) is 3.12. The molecular formula is C14H15FN2O2. The summed E-state index contributed by atoms with van der Waals surface area (Å²) < 4.78 is 14.4. The number of rotatable bonds is 3. The smallest absolute Gasteiger partial charge is 0.256 e. The maximum Gasteiger partial charge on any atom is 0.256 e. The molecule has 1 atom stereocenters. The Morgan fingerprint density at radius 1 is 1.42 bits per heavy atom. The van der Waals surface area contributed by atoms with Crippen LogP contribution in [0.5, 0.6) is 0 Å². The molecule has 5 heteroatoms. The van der Waals surface area contributed by atoms with Gasteiger partial charge in [-0.05, 0) is 31.5 Å². The summed E-state index contributed by atoms with van der Waals surface area (Å²) in [5, 5.41) is 10.0. The van der Waals surface area contributed by atoms with Gasteiger partial charge in [0.05, 0.1) is 19.0 Å². The first kappa shape index (κ1) is 13.4. The molecule has 0 unspecified atom stereocenters. The number of hydrogen-bond donors (Lipinski definition) is 1. The maximum atomic E-state index is 13.1. The molecule has 0 saturated carbocycles. The molecule has 1 aromatic heterocycles. The number of nitrogens with zero attached hydrogens (tertiary/aromatic N) is 2. The molecule has 1 heterocycles. The lowest BCUT2D eigenvalue weighted by Crippen LogP contribution is -2.26. The van der Waals surface area contributed by atoms with Crippen LogP contribution in [0.25, 0.3) is 0 Å². The zero-order valence-corrected chi connectivity index (χ0v) is 10.8. The van der Waals surface area contributed by atoms with E-state index in [9.17, 15) is 14.3 Å². The van der Waals surface area contributed by atoms with Crippen LogP contribution < -0.4 is 5.56 Å². The minimum Gasteiger partial charge on any atom is -0.387 e. The standard InChI is InChI=1S/C14H15FN2O2/c1-9-10(2)16-8-17(14(9)19)7-13(18)11-4-3-5-12(15)6-11/h3-6,8,13,18H,7H2,1-2H3/t13-/m1/s1. The number of aryl methyl sites for hydroxylation is 1. The van der Waals surface area contributed by atoms with Crippen molar-refractivity contribution in [3.05, 3.63) is 63.6 Å². The number of aliphatic hydroxyl groups is 1. The lowest BCUT2D eigenvalue weighted by molar-refractivity contribution is 0.154. The average molecular weight is 262 g/mol. The molecule has 0 saturated heterocycles. The van der Waals surface area contributed by atoms with E-state index in [-0.39, 0.29) is 12.1 Å². The maximum absolute atomic E-state index is 13.1. The second-order valence-corrected chi connectivity index (χ2v) is 4.48. The van der Waals surface area contributed by atoms with Crippen LogP contribution in [0.2, 0.25) is 0 Å². The van der Waals surface area contributed by atoms with Crippen molar-refractivity contribution in [1.29, 1.82) is 0 Å². The van der Waals surface area contributed by atoms with E-state index in [1.54, 1.807) is 19.9 Å². The highest BCUT2D eigenvalue weighted by molar-refractivity contribution is 5.19. The summed E-state index contributed by atoms with van der Waals surface area (Å²) in [6.45, 7) is 3.50. The molecule has 19 heavy (non-hydrogen) atoms. The summed E-state index contributed by atoms with van der Waals surface area (Å²) in [4.78, 5) is 16.0. The average Bonchev–Trinajstić information content (AvgIpc) is 2.39. The zero-order chi connectivity index (χ0) is 14.0. The topological polar surface area (TPSA) is 55.1 Å². The first-order chi connectivity index (χ1) is 8.99. The van der Waals surface area contributed by atoms with Gasteiger partial charge in [-0.3, -0.25) is 9.36 Å². The van der Waals surface area contributed by atoms with Gasteiger partial charge >= 0.3 is 0 Å². The highest BCUT2D eigenvalue weighted by Gasteiger charge is 2.11. The number of halogens is 1. The number of aliphatic hydroxyl groups excluding tert-OH is 1. The molecule has 1 N–H and O–H groups in total. The Morgan fingerprint density at radius 3 is 2.84 bits per heavy atom. The van der Waals surface area contributed by atoms with Crippen molar-refractivity contribution in [2.24, 2.45) is 0 Å². The summed E-state index contributed by atoms with van der Waals surface area (Å²) in [7, 11) is 0. The Hall–Kier alpha value is -2.01. The van der Waals surface area contributed by atoms with E-state index in [2.05, 4.69) is 4.98 Å². The van der Waals surface area contributed by atoms with Gasteiger partial charge in [-0.15, -0.1) is 0 Å². The highest BCUT2D eigenvalue weighted by Crippen LogP contribution is 2.15. The van der Waals surface area contributed by atoms with Gasteiger partial charge in [0, 0.05) is 11.3 Å². The molecule has 2 aromatic rings. The number of benzene rings is 1. The van der Waals surface area contributed by atoms with Crippen LogP contribution in [0.1, 0.15) is 22.9 Å². The van der Waals surface area contributed by atoms with E-state index in [4.69, 9.17) is 0 Å². The Bertz CT molecular complexity index is 652. The lowest BCUT2D eigenvalue weighted by Gasteiger charge is -2.13. The minimum atomic E-state index is -0.947. The monoisotopic (exact) mass is 262 g/mol. The van der Waals surface area contributed by atoms with Crippen molar-refractivity contribution in [3.8, 4) is 0 Å². The third-order valence-electron chi connectivity index (χ3n) is 3.12. The largest absolute Gasteiger partial charge is 0.387 e. The van der Waals surface area contributed by atoms with Crippen LogP contribution in [0.4, 0.5) is 4.39 Å². The number of hydrogen-bond acceptors (Lipinski definition) is 3. The van der Waals surface area contributed by atoms with Crippen LogP contribution in [-0.4, -0.2) is 14.7 Å². The van der Waals surface area contributed by atoms with E-state index >= 15 is 0 Å². The van der Waals surface area contributed by atoms with Gasteiger partial charge in [0.15, 0.2) is 0 Å². The molecule has 0 spiro atoms. The molecule has 0 aliphatic carbocycles. The Balaban J connectivity index is 2.27. The summed E-state index contributed by atoms with van der Waals surface area (Å²) in [6, 6.07) is 5.70. The molecule has 2 rings (SSSR count). The second kappa shape index (κ2) is 5.32. The summed E-state index contributed by atoms with van der Waals surface area (Å²) >= 11 is 0. The fourth-order valence-corrected chi connectivity index (χ4v) is 1.81. The van der Waals surface area contributed by atoms with Crippen LogP contribution >= 0.6 is 0 Å². The Kier molecular flexibility index (Phi) is 3.76. The SMILES string of the molecule is Cc1ncn(C[C@@H](O)c2cccc(F)c2)c(=O)c1C. The van der Waals surface area contributed by atoms with E-state index in [1.165, 1.54) is 29.1 Å². The fraction of sp³-hybridized carbons (Fsp3) is 0.286. The van der Waals surface area contributed by atoms with Crippen molar-refractivity contribution in [2.75, 3.05) is 0 Å². The van der Waals surface area contributed by atoms with Gasteiger partial charge in [0.25, 0.3) is 5.56 Å². The molecule has 0 aliphatic rings. The number of aromatic nitrogens is 2. The van der Waals surface area contributed by atoms with E-state index in [0.29, 0.717) is 16.8 Å². The quantitative estimate of drug-likeness (QED) is 0.916. The normalized spacial score (nSPS) is 12.4. The van der Waals surface area contributed by atoms with Gasteiger partial charge in [-0.1, -0.05) is 12.1 Å². The van der Waals surface area contributed by atoms with E-state index < -0.39 is 11.9 Å². The molecule has 4 nitrogen and oxygen atoms in total. The molecule has 0 radical (unpaired) electrons. The molecule has 0 amide bonds. The van der Waals surface area contributed by atoms with Crippen LogP contribution in [0.15, 0.2) is 35.4 Å². The van der Waals surface area contributed by atoms with E-state index in [0.717, 1.165) is 0 Å². The lowest BCUT2D eigenvalue weighted by atomic mass is 10.1. The molecular weight excluding hydrogens is 247 g/mol. The highest BCUT2D eigenvalue weighted by atomic mass is 19.1. The van der Waals surface area contributed by atoms with Crippen molar-refractivity contribution < 1.29 is 9.50 Å². The van der Waals surface area contributed by atoms with Crippen LogP contribution in [0, 0.1) is 19.7 Å². The second-order valence-electron chi connectivity index (χ2n) is 4.48. The van der Waals surface area contributed by atoms with Crippen molar-refractivity contribution in [3.63, 3.8) is 0 Å². The molecule has 0 aliphatic heterocycles. The molecule has 0 bridgehead atoms. The zero-order valence-electron chi connectivity index (χ0n) is 10.8. The van der Waals surface area contributed by atoms with Crippen LogP contribution in [0.3, 0.4) is 0 Å². The Labute approximate surface area is 110 Å². The van der Waals surface area contributed by atoms with Crippen molar-refractivity contribution in [1.82, 2.24) is 9.55 Å². The fourth-order valence-electron chi connectivity index (χ4n) is 1.81. The predicted octanol–water partition coefficient (Wildman–Crippen LogP) is 1.73. The summed E-state index contributed by atoms with van der Waals surface area (Å²) in [6.07, 6.45) is 0.449. The molecule has 0 fully saturated rings. The third kappa shape index (κ3) is 2.88. The van der Waals surface area contributed by atoms with Crippen LogP contribution in [-0.2, 0) is 6.54 Å². The molecule has 1 aromatic carbocycles. The van der Waals surface area contributed by atoms with Gasteiger partial charge in [-0.2, -0.15) is 0 Å². The van der Waals surface area contributed by atoms with Gasteiger partial charge in [-0.25, -0.2) is 9.37 Å². The van der Waals surface area contributed by atoms with Gasteiger partial charge in [0.1, 0.15) is 5.82 Å². The van der Waals surface area contributed by atoms with Crippen molar-refractivity contribution >= 4 is 0 Å². The summed E-state index contributed by atoms with van der Waals surface area (Å²) in [5.74, 6) is -0.415. The predicted molar refractivity (Wildman–Crippen MR) is 69.3 cm³/mol. The summed E-state index contributed by atoms with van der Waals surface area (Å²) in [5.41, 5.74) is 1.46. The van der Waals surface area contributed by atoms with Crippen molar-refractivity contribution in [2.45, 2.75) is 26.5 Å². The van der Waals surface area contributed by atoms with Gasteiger partial charge in [0.2, 0.25) is 0 Å².